The Kier molecular flexibility index (Phi) is 4.90. The lowest BCUT2D eigenvalue weighted by atomic mass is 10.1. The lowest BCUT2D eigenvalue weighted by molar-refractivity contribution is -0.129. The number of carbonyl (C=O) groups is 1. The second-order valence-corrected chi connectivity index (χ2v) is 4.71. The first-order chi connectivity index (χ1) is 9.70. The molecule has 0 unspecified atom stereocenters. The Bertz CT molecular complexity index is 534. The molecule has 5 nitrogen and oxygen atoms in total. The molecule has 2 aromatic rings. The fourth-order valence-corrected chi connectivity index (χ4v) is 1.90. The Labute approximate surface area is 119 Å². The van der Waals surface area contributed by atoms with Gasteiger partial charge in [0.2, 0.25) is 5.91 Å². The molecule has 0 bridgehead atoms. The molecule has 0 aliphatic heterocycles. The first-order valence-corrected chi connectivity index (χ1v) is 6.68. The molecule has 1 heterocycles. The van der Waals surface area contributed by atoms with Crippen LogP contribution in [0.2, 0.25) is 0 Å². The number of hydrogen-bond acceptors (Lipinski definition) is 3. The minimum Gasteiger partial charge on any atom is -0.344 e. The Morgan fingerprint density at radius 2 is 2.10 bits per heavy atom. The van der Waals surface area contributed by atoms with Gasteiger partial charge in [-0.3, -0.25) is 4.79 Å². The fourth-order valence-electron chi connectivity index (χ4n) is 1.90. The van der Waals surface area contributed by atoms with Crippen molar-refractivity contribution in [3.8, 4) is 5.69 Å². The number of nitrogens with one attached hydrogen (secondary N) is 1. The van der Waals surface area contributed by atoms with Crippen LogP contribution in [0.4, 0.5) is 0 Å². The molecule has 0 aliphatic rings. The Hall–Kier alpha value is -2.14. The van der Waals surface area contributed by atoms with Crippen LogP contribution in [0.15, 0.2) is 42.7 Å². The minimum absolute atomic E-state index is 0.132. The molecule has 0 saturated heterocycles. The van der Waals surface area contributed by atoms with Gasteiger partial charge >= 0.3 is 0 Å². The molecule has 1 amide bonds. The van der Waals surface area contributed by atoms with Crippen LogP contribution in [0.25, 0.3) is 5.69 Å². The number of benzene rings is 1. The lowest BCUT2D eigenvalue weighted by Crippen LogP contribution is -2.33. The van der Waals surface area contributed by atoms with Gasteiger partial charge in [0.15, 0.2) is 0 Å². The first kappa shape index (κ1) is 14.3. The second kappa shape index (κ2) is 6.86. The summed E-state index contributed by atoms with van der Waals surface area (Å²) in [4.78, 5) is 13.8. The summed E-state index contributed by atoms with van der Waals surface area (Å²) in [6, 6.07) is 9.78. The van der Waals surface area contributed by atoms with Gasteiger partial charge in [-0.15, -0.1) is 0 Å². The monoisotopic (exact) mass is 272 g/mol. The van der Waals surface area contributed by atoms with Gasteiger partial charge in [-0.05, 0) is 30.8 Å². The number of nitrogens with zero attached hydrogens (tertiary/aromatic N) is 3. The van der Waals surface area contributed by atoms with E-state index in [0.29, 0.717) is 6.42 Å². The van der Waals surface area contributed by atoms with Crippen molar-refractivity contribution in [2.75, 3.05) is 27.2 Å². The van der Waals surface area contributed by atoms with Crippen molar-refractivity contribution in [3.63, 3.8) is 0 Å². The number of aromatic nitrogens is 2. The van der Waals surface area contributed by atoms with Crippen LogP contribution in [0.5, 0.6) is 0 Å². The highest BCUT2D eigenvalue weighted by Crippen LogP contribution is 2.09. The molecule has 0 atom stereocenters. The fraction of sp³-hybridized carbons (Fsp3) is 0.333. The third-order valence-corrected chi connectivity index (χ3v) is 3.18. The molecule has 5 heteroatoms. The number of rotatable bonds is 6. The van der Waals surface area contributed by atoms with Gasteiger partial charge in [-0.25, -0.2) is 4.68 Å². The quantitative estimate of drug-likeness (QED) is 0.856. The zero-order valence-corrected chi connectivity index (χ0v) is 11.9. The van der Waals surface area contributed by atoms with Crippen molar-refractivity contribution in [3.05, 3.63) is 48.3 Å². The molecule has 2 rings (SSSR count). The highest BCUT2D eigenvalue weighted by atomic mass is 16.2. The van der Waals surface area contributed by atoms with E-state index in [2.05, 4.69) is 10.4 Å². The summed E-state index contributed by atoms with van der Waals surface area (Å²) < 4.78 is 1.80. The van der Waals surface area contributed by atoms with Gasteiger partial charge in [0.05, 0.1) is 12.1 Å². The van der Waals surface area contributed by atoms with Gasteiger partial charge in [0.1, 0.15) is 0 Å². The largest absolute Gasteiger partial charge is 0.344 e. The Morgan fingerprint density at radius 3 is 2.70 bits per heavy atom. The maximum Gasteiger partial charge on any atom is 0.226 e. The number of hydrogen-bond donors (Lipinski definition) is 1. The van der Waals surface area contributed by atoms with E-state index in [1.54, 1.807) is 15.8 Å². The summed E-state index contributed by atoms with van der Waals surface area (Å²) in [6.45, 7) is 1.53. The zero-order chi connectivity index (χ0) is 14.4. The van der Waals surface area contributed by atoms with E-state index in [9.17, 15) is 4.79 Å². The van der Waals surface area contributed by atoms with Gasteiger partial charge in [-0.2, -0.15) is 5.10 Å². The van der Waals surface area contributed by atoms with Gasteiger partial charge in [0.25, 0.3) is 0 Å². The van der Waals surface area contributed by atoms with Crippen molar-refractivity contribution in [2.45, 2.75) is 6.42 Å². The Balaban J connectivity index is 1.95. The summed E-state index contributed by atoms with van der Waals surface area (Å²) in [7, 11) is 3.71. The maximum atomic E-state index is 12.0. The van der Waals surface area contributed by atoms with Crippen LogP contribution in [-0.2, 0) is 11.2 Å². The molecule has 1 aromatic carbocycles. The highest BCUT2D eigenvalue weighted by molar-refractivity contribution is 5.78. The van der Waals surface area contributed by atoms with Crippen LogP contribution in [0.1, 0.15) is 5.56 Å². The minimum atomic E-state index is 0.132. The SMILES string of the molecule is CNCCN(C)C(=O)Cc1ccc(-n2cccn2)cc1. The highest BCUT2D eigenvalue weighted by Gasteiger charge is 2.09. The molecule has 0 spiro atoms. The van der Waals surface area contributed by atoms with Crippen LogP contribution in [0, 0.1) is 0 Å². The molecule has 1 N–H and O–H groups in total. The van der Waals surface area contributed by atoms with E-state index in [1.807, 2.05) is 50.6 Å². The average molecular weight is 272 g/mol. The molecule has 0 radical (unpaired) electrons. The van der Waals surface area contributed by atoms with Gasteiger partial charge < -0.3 is 10.2 Å². The van der Waals surface area contributed by atoms with Crippen LogP contribution in [0.3, 0.4) is 0 Å². The van der Waals surface area contributed by atoms with Crippen molar-refractivity contribution >= 4 is 5.91 Å². The number of carbonyl (C=O) groups excluding carboxylic acids is 1. The summed E-state index contributed by atoms with van der Waals surface area (Å²) >= 11 is 0. The first-order valence-electron chi connectivity index (χ1n) is 6.68. The van der Waals surface area contributed by atoms with E-state index in [1.165, 1.54) is 0 Å². The summed E-state index contributed by atoms with van der Waals surface area (Å²) in [6.07, 6.45) is 4.07. The number of amides is 1. The Morgan fingerprint density at radius 1 is 1.35 bits per heavy atom. The zero-order valence-electron chi connectivity index (χ0n) is 11.9. The molecule has 0 saturated carbocycles. The van der Waals surface area contributed by atoms with E-state index >= 15 is 0 Å². The maximum absolute atomic E-state index is 12.0. The van der Waals surface area contributed by atoms with E-state index in [0.717, 1.165) is 24.3 Å². The molecule has 0 aliphatic carbocycles. The normalized spacial score (nSPS) is 10.5. The average Bonchev–Trinajstić information content (AvgIpc) is 2.99. The van der Waals surface area contributed by atoms with E-state index < -0.39 is 0 Å². The van der Waals surface area contributed by atoms with Gasteiger partial charge in [-0.1, -0.05) is 12.1 Å². The second-order valence-electron chi connectivity index (χ2n) is 4.71. The van der Waals surface area contributed by atoms with E-state index in [-0.39, 0.29) is 5.91 Å². The standard InChI is InChI=1S/C15H20N4O/c1-16-9-11-18(2)15(20)12-13-4-6-14(7-5-13)19-10-3-8-17-19/h3-8,10,16H,9,11-12H2,1-2H3. The molecule has 20 heavy (non-hydrogen) atoms. The van der Waals surface area contributed by atoms with E-state index in [4.69, 9.17) is 0 Å². The van der Waals surface area contributed by atoms with Crippen LogP contribution in [-0.4, -0.2) is 47.8 Å². The predicted molar refractivity (Wildman–Crippen MR) is 78.8 cm³/mol. The summed E-state index contributed by atoms with van der Waals surface area (Å²) in [5.41, 5.74) is 2.01. The third kappa shape index (κ3) is 3.68. The van der Waals surface area contributed by atoms with Crippen molar-refractivity contribution in [1.82, 2.24) is 20.0 Å². The van der Waals surface area contributed by atoms with Gasteiger partial charge in [0, 0.05) is 32.5 Å². The predicted octanol–water partition coefficient (Wildman–Crippen LogP) is 1.09. The number of likely N-dealkylation sites (N-methyl/N-ethyl adjacent to an activating group) is 2. The topological polar surface area (TPSA) is 50.2 Å². The summed E-state index contributed by atoms with van der Waals surface area (Å²) in [5.74, 6) is 0.132. The van der Waals surface area contributed by atoms with Crippen molar-refractivity contribution in [2.24, 2.45) is 0 Å². The lowest BCUT2D eigenvalue weighted by Gasteiger charge is -2.16. The molecular formula is C15H20N4O. The smallest absolute Gasteiger partial charge is 0.226 e. The molecule has 106 valence electrons. The molecule has 0 fully saturated rings. The molecular weight excluding hydrogens is 252 g/mol. The van der Waals surface area contributed by atoms with Crippen molar-refractivity contribution < 1.29 is 4.79 Å². The summed E-state index contributed by atoms with van der Waals surface area (Å²) in [5, 5.41) is 7.21. The van der Waals surface area contributed by atoms with Crippen LogP contribution >= 0.6 is 0 Å². The van der Waals surface area contributed by atoms with Crippen LogP contribution < -0.4 is 5.32 Å². The van der Waals surface area contributed by atoms with Crippen molar-refractivity contribution in [1.29, 1.82) is 0 Å². The molecule has 1 aromatic heterocycles. The third-order valence-electron chi connectivity index (χ3n) is 3.18.